The largest absolute Gasteiger partial charge is 0.397 e. The van der Waals surface area contributed by atoms with Crippen molar-refractivity contribution in [1.82, 2.24) is 5.32 Å². The number of primary amides is 1. The molecule has 0 aliphatic carbocycles. The number of nitrogen functional groups attached to an aromatic ring is 1. The standard InChI is InChI=1S/C15H22N4O2/c1-2-18-15(21)10-6-7-12(11(16)9-10)19-8-4-3-5-13(19)14(17)20/h6-7,9,13H,2-5,8,16H2,1H3,(H2,17,20)(H,18,21). The van der Waals surface area contributed by atoms with E-state index < -0.39 is 0 Å². The summed E-state index contributed by atoms with van der Waals surface area (Å²) in [5.74, 6) is -0.484. The van der Waals surface area contributed by atoms with Gasteiger partial charge in [0.25, 0.3) is 5.91 Å². The van der Waals surface area contributed by atoms with Gasteiger partial charge in [0.1, 0.15) is 6.04 Å². The molecule has 1 saturated heterocycles. The Morgan fingerprint density at radius 2 is 2.14 bits per heavy atom. The van der Waals surface area contributed by atoms with E-state index in [1.54, 1.807) is 18.2 Å². The van der Waals surface area contributed by atoms with Gasteiger partial charge < -0.3 is 21.7 Å². The smallest absolute Gasteiger partial charge is 0.251 e. The van der Waals surface area contributed by atoms with Gasteiger partial charge in [-0.3, -0.25) is 9.59 Å². The van der Waals surface area contributed by atoms with Crippen LogP contribution in [0.5, 0.6) is 0 Å². The van der Waals surface area contributed by atoms with Crippen molar-refractivity contribution in [2.24, 2.45) is 5.73 Å². The highest BCUT2D eigenvalue weighted by atomic mass is 16.2. The van der Waals surface area contributed by atoms with Crippen molar-refractivity contribution in [3.05, 3.63) is 23.8 Å². The number of nitrogens with two attached hydrogens (primary N) is 2. The number of hydrogen-bond acceptors (Lipinski definition) is 4. The van der Waals surface area contributed by atoms with Gasteiger partial charge in [-0.2, -0.15) is 0 Å². The summed E-state index contributed by atoms with van der Waals surface area (Å²) < 4.78 is 0. The van der Waals surface area contributed by atoms with Crippen LogP contribution in [0.1, 0.15) is 36.5 Å². The molecule has 1 aliphatic rings. The van der Waals surface area contributed by atoms with Gasteiger partial charge in [-0.05, 0) is 44.4 Å². The van der Waals surface area contributed by atoms with E-state index in [1.165, 1.54) is 0 Å². The first-order valence-corrected chi connectivity index (χ1v) is 7.28. The number of hydrogen-bond donors (Lipinski definition) is 3. The number of carbonyl (C=O) groups is 2. The minimum Gasteiger partial charge on any atom is -0.397 e. The van der Waals surface area contributed by atoms with Crippen molar-refractivity contribution in [3.63, 3.8) is 0 Å². The first-order valence-electron chi connectivity index (χ1n) is 7.28. The van der Waals surface area contributed by atoms with Crippen molar-refractivity contribution in [1.29, 1.82) is 0 Å². The third-order valence-electron chi connectivity index (χ3n) is 3.77. The van der Waals surface area contributed by atoms with Gasteiger partial charge in [-0.15, -0.1) is 0 Å². The summed E-state index contributed by atoms with van der Waals surface area (Å²) in [5, 5.41) is 2.73. The predicted molar refractivity (Wildman–Crippen MR) is 83.0 cm³/mol. The maximum absolute atomic E-state index is 11.8. The summed E-state index contributed by atoms with van der Waals surface area (Å²) in [5.41, 5.74) is 13.3. The molecule has 0 bridgehead atoms. The second-order valence-corrected chi connectivity index (χ2v) is 5.24. The van der Waals surface area contributed by atoms with Crippen molar-refractivity contribution in [3.8, 4) is 0 Å². The van der Waals surface area contributed by atoms with E-state index in [-0.39, 0.29) is 17.9 Å². The van der Waals surface area contributed by atoms with E-state index in [2.05, 4.69) is 5.32 Å². The van der Waals surface area contributed by atoms with Crippen LogP contribution in [0, 0.1) is 0 Å². The van der Waals surface area contributed by atoms with Crippen molar-refractivity contribution < 1.29 is 9.59 Å². The molecule has 114 valence electrons. The van der Waals surface area contributed by atoms with Crippen molar-refractivity contribution in [2.45, 2.75) is 32.2 Å². The third-order valence-corrected chi connectivity index (χ3v) is 3.77. The Morgan fingerprint density at radius 3 is 2.76 bits per heavy atom. The zero-order chi connectivity index (χ0) is 15.4. The van der Waals surface area contributed by atoms with Crippen LogP contribution in [-0.2, 0) is 4.79 Å². The molecule has 2 rings (SSSR count). The Labute approximate surface area is 124 Å². The maximum atomic E-state index is 11.8. The molecule has 1 unspecified atom stereocenters. The van der Waals surface area contributed by atoms with Crippen LogP contribution in [0.3, 0.4) is 0 Å². The van der Waals surface area contributed by atoms with Crippen molar-refractivity contribution >= 4 is 23.2 Å². The fourth-order valence-corrected chi connectivity index (χ4v) is 2.74. The predicted octanol–water partition coefficient (Wildman–Crippen LogP) is 0.863. The second-order valence-electron chi connectivity index (χ2n) is 5.24. The molecule has 0 spiro atoms. The van der Waals surface area contributed by atoms with Gasteiger partial charge in [-0.1, -0.05) is 0 Å². The van der Waals surface area contributed by atoms with Crippen LogP contribution in [0.4, 0.5) is 11.4 Å². The fraction of sp³-hybridized carbons (Fsp3) is 0.467. The van der Waals surface area contributed by atoms with Crippen LogP contribution in [0.25, 0.3) is 0 Å². The number of carbonyl (C=O) groups excluding carboxylic acids is 2. The second kappa shape index (κ2) is 6.47. The van der Waals surface area contributed by atoms with Gasteiger partial charge in [0.15, 0.2) is 0 Å². The van der Waals surface area contributed by atoms with Gasteiger partial charge in [0, 0.05) is 18.7 Å². The summed E-state index contributed by atoms with van der Waals surface area (Å²) >= 11 is 0. The molecule has 0 saturated carbocycles. The molecule has 1 heterocycles. The topological polar surface area (TPSA) is 101 Å². The number of piperidine rings is 1. The lowest BCUT2D eigenvalue weighted by Crippen LogP contribution is -2.48. The molecular formula is C15H22N4O2. The number of rotatable bonds is 4. The molecule has 1 aliphatic heterocycles. The number of anilines is 2. The normalized spacial score (nSPS) is 18.3. The maximum Gasteiger partial charge on any atom is 0.251 e. The highest BCUT2D eigenvalue weighted by Gasteiger charge is 2.28. The molecule has 1 aromatic rings. The summed E-state index contributed by atoms with van der Waals surface area (Å²) in [6.07, 6.45) is 2.73. The molecule has 0 aromatic heterocycles. The first-order chi connectivity index (χ1) is 10.0. The first kappa shape index (κ1) is 15.2. The number of nitrogens with one attached hydrogen (secondary N) is 1. The van der Waals surface area contributed by atoms with E-state index in [9.17, 15) is 9.59 Å². The average molecular weight is 290 g/mol. The van der Waals surface area contributed by atoms with Gasteiger partial charge in [0.05, 0.1) is 11.4 Å². The van der Waals surface area contributed by atoms with Crippen molar-refractivity contribution in [2.75, 3.05) is 23.7 Å². The average Bonchev–Trinajstić information content (AvgIpc) is 2.47. The summed E-state index contributed by atoms with van der Waals surface area (Å²) in [6, 6.07) is 4.84. The zero-order valence-electron chi connectivity index (χ0n) is 12.3. The lowest BCUT2D eigenvalue weighted by Gasteiger charge is -2.36. The highest BCUT2D eigenvalue weighted by molar-refractivity contribution is 5.96. The molecule has 1 fully saturated rings. The van der Waals surface area contributed by atoms with Crippen LogP contribution < -0.4 is 21.7 Å². The Morgan fingerprint density at radius 1 is 1.38 bits per heavy atom. The van der Waals surface area contributed by atoms with E-state index in [1.807, 2.05) is 11.8 Å². The summed E-state index contributed by atoms with van der Waals surface area (Å²) in [7, 11) is 0. The van der Waals surface area contributed by atoms with Gasteiger partial charge in [0.2, 0.25) is 5.91 Å². The fourth-order valence-electron chi connectivity index (χ4n) is 2.74. The van der Waals surface area contributed by atoms with Gasteiger partial charge >= 0.3 is 0 Å². The quantitative estimate of drug-likeness (QED) is 0.716. The van der Waals surface area contributed by atoms with E-state index in [4.69, 9.17) is 11.5 Å². The Kier molecular flexibility index (Phi) is 4.67. The summed E-state index contributed by atoms with van der Waals surface area (Å²) in [4.78, 5) is 25.3. The SMILES string of the molecule is CCNC(=O)c1ccc(N2CCCCC2C(N)=O)c(N)c1. The molecule has 2 amide bonds. The Bertz CT molecular complexity index is 544. The number of nitrogens with zero attached hydrogens (tertiary/aromatic N) is 1. The summed E-state index contributed by atoms with van der Waals surface area (Å²) in [6.45, 7) is 3.18. The Hall–Kier alpha value is -2.24. The Balaban J connectivity index is 2.27. The molecule has 6 nitrogen and oxygen atoms in total. The minimum absolute atomic E-state index is 0.152. The molecular weight excluding hydrogens is 268 g/mol. The minimum atomic E-state index is -0.332. The van der Waals surface area contributed by atoms with E-state index >= 15 is 0 Å². The van der Waals surface area contributed by atoms with Crippen LogP contribution in [-0.4, -0.2) is 30.9 Å². The van der Waals surface area contributed by atoms with E-state index in [0.717, 1.165) is 31.5 Å². The van der Waals surface area contributed by atoms with Crippen LogP contribution >= 0.6 is 0 Å². The molecule has 5 N–H and O–H groups in total. The van der Waals surface area contributed by atoms with Crippen LogP contribution in [0.2, 0.25) is 0 Å². The van der Waals surface area contributed by atoms with E-state index in [0.29, 0.717) is 17.8 Å². The monoisotopic (exact) mass is 290 g/mol. The third kappa shape index (κ3) is 3.26. The highest BCUT2D eigenvalue weighted by Crippen LogP contribution is 2.30. The zero-order valence-corrected chi connectivity index (χ0v) is 12.3. The molecule has 0 radical (unpaired) electrons. The molecule has 21 heavy (non-hydrogen) atoms. The molecule has 1 atom stereocenters. The number of amides is 2. The lowest BCUT2D eigenvalue weighted by molar-refractivity contribution is -0.119. The molecule has 1 aromatic carbocycles. The number of benzene rings is 1. The molecule has 6 heteroatoms. The van der Waals surface area contributed by atoms with Gasteiger partial charge in [-0.25, -0.2) is 0 Å². The van der Waals surface area contributed by atoms with Crippen LogP contribution in [0.15, 0.2) is 18.2 Å². The lowest BCUT2D eigenvalue weighted by atomic mass is 10.00.